The Morgan fingerprint density at radius 1 is 1.17 bits per heavy atom. The maximum absolute atomic E-state index is 11.4. The van der Waals surface area contributed by atoms with E-state index < -0.39 is 24.1 Å². The van der Waals surface area contributed by atoms with Crippen LogP contribution in [0.4, 0.5) is 5.69 Å². The Morgan fingerprint density at radius 2 is 1.97 bits per heavy atom. The van der Waals surface area contributed by atoms with E-state index in [1.807, 2.05) is 13.0 Å². The summed E-state index contributed by atoms with van der Waals surface area (Å²) in [6.45, 7) is 11.1. The molecule has 3 atom stereocenters. The molecule has 1 aromatic rings. The molecule has 3 heterocycles. The molecule has 0 amide bonds. The van der Waals surface area contributed by atoms with Crippen molar-refractivity contribution in [1.29, 1.82) is 0 Å². The van der Waals surface area contributed by atoms with Gasteiger partial charge in [0.15, 0.2) is 0 Å². The van der Waals surface area contributed by atoms with Crippen molar-refractivity contribution in [2.75, 3.05) is 31.2 Å². The molecule has 2 aliphatic heterocycles. The lowest BCUT2D eigenvalue weighted by Gasteiger charge is -2.31. The number of ether oxygens (including phenoxy) is 3. The molecule has 3 unspecified atom stereocenters. The summed E-state index contributed by atoms with van der Waals surface area (Å²) in [5, 5.41) is 4.29. The van der Waals surface area contributed by atoms with E-state index in [1.165, 1.54) is 30.8 Å². The van der Waals surface area contributed by atoms with Crippen molar-refractivity contribution in [3.8, 4) is 0 Å². The molecule has 0 saturated carbocycles. The molecule has 2 aliphatic rings. The van der Waals surface area contributed by atoms with Gasteiger partial charge in [0.05, 0.1) is 23.2 Å². The number of oxime groups is 1. The van der Waals surface area contributed by atoms with E-state index in [-0.39, 0.29) is 12.7 Å². The molecule has 3 rings (SSSR count). The van der Waals surface area contributed by atoms with Gasteiger partial charge in [0.1, 0.15) is 25.4 Å². The number of carbonyl (C=O) groups is 2. The third kappa shape index (κ3) is 8.33. The second kappa shape index (κ2) is 13.4. The van der Waals surface area contributed by atoms with Crippen LogP contribution in [0.5, 0.6) is 0 Å². The Kier molecular flexibility index (Phi) is 10.3. The van der Waals surface area contributed by atoms with Crippen molar-refractivity contribution < 1.29 is 28.6 Å². The SMILES string of the molecule is CC(=O)OCC1OC(CCON=C(C)CCN2CCCCc3nc(C)c(C)cc32)C=CC1OC(C)=O. The van der Waals surface area contributed by atoms with Gasteiger partial charge in [-0.25, -0.2) is 0 Å². The van der Waals surface area contributed by atoms with Crippen molar-refractivity contribution in [3.05, 3.63) is 35.2 Å². The first-order chi connectivity index (χ1) is 17.2. The molecule has 9 heteroatoms. The molecule has 0 saturated heterocycles. The van der Waals surface area contributed by atoms with Crippen LogP contribution in [0.3, 0.4) is 0 Å². The van der Waals surface area contributed by atoms with Gasteiger partial charge < -0.3 is 23.9 Å². The number of hydrogen-bond acceptors (Lipinski definition) is 9. The van der Waals surface area contributed by atoms with Crippen LogP contribution in [0.25, 0.3) is 0 Å². The monoisotopic (exact) mass is 501 g/mol. The van der Waals surface area contributed by atoms with Crippen LogP contribution in [0.1, 0.15) is 63.4 Å². The van der Waals surface area contributed by atoms with Crippen molar-refractivity contribution in [1.82, 2.24) is 4.98 Å². The third-order valence-corrected chi connectivity index (χ3v) is 6.40. The van der Waals surface area contributed by atoms with Crippen LogP contribution in [-0.2, 0) is 35.1 Å². The summed E-state index contributed by atoms with van der Waals surface area (Å²) in [7, 11) is 0. The first-order valence-corrected chi connectivity index (χ1v) is 12.7. The van der Waals surface area contributed by atoms with Crippen molar-refractivity contribution in [2.45, 2.75) is 85.0 Å². The molecule has 0 spiro atoms. The third-order valence-electron chi connectivity index (χ3n) is 6.40. The first kappa shape index (κ1) is 27.6. The smallest absolute Gasteiger partial charge is 0.303 e. The lowest BCUT2D eigenvalue weighted by molar-refractivity contribution is -0.164. The summed E-state index contributed by atoms with van der Waals surface area (Å²) >= 11 is 0. The lowest BCUT2D eigenvalue weighted by atomic mass is 10.1. The molecule has 0 radical (unpaired) electrons. The highest BCUT2D eigenvalue weighted by Crippen LogP contribution is 2.27. The highest BCUT2D eigenvalue weighted by molar-refractivity contribution is 5.81. The van der Waals surface area contributed by atoms with Crippen LogP contribution in [0, 0.1) is 13.8 Å². The Balaban J connectivity index is 1.47. The summed E-state index contributed by atoms with van der Waals surface area (Å²) in [6, 6.07) is 2.27. The molecule has 1 aromatic heterocycles. The van der Waals surface area contributed by atoms with E-state index in [4.69, 9.17) is 24.0 Å². The molecular weight excluding hydrogens is 462 g/mol. The Labute approximate surface area is 213 Å². The predicted octanol–water partition coefficient (Wildman–Crippen LogP) is 3.83. The van der Waals surface area contributed by atoms with Crippen LogP contribution >= 0.6 is 0 Å². The van der Waals surface area contributed by atoms with Crippen LogP contribution in [0.15, 0.2) is 23.4 Å². The van der Waals surface area contributed by atoms with Gasteiger partial charge in [-0.05, 0) is 57.7 Å². The number of anilines is 1. The van der Waals surface area contributed by atoms with Gasteiger partial charge in [-0.1, -0.05) is 11.2 Å². The number of fused-ring (bicyclic) bond motifs is 1. The first-order valence-electron chi connectivity index (χ1n) is 12.7. The van der Waals surface area contributed by atoms with Gasteiger partial charge in [0.2, 0.25) is 0 Å². The minimum absolute atomic E-state index is 0.0144. The highest BCUT2D eigenvalue weighted by atomic mass is 16.6. The molecule has 0 bridgehead atoms. The van der Waals surface area contributed by atoms with Crippen molar-refractivity contribution in [3.63, 3.8) is 0 Å². The van der Waals surface area contributed by atoms with Gasteiger partial charge in [-0.2, -0.15) is 0 Å². The van der Waals surface area contributed by atoms with E-state index in [9.17, 15) is 9.59 Å². The fourth-order valence-corrected chi connectivity index (χ4v) is 4.32. The highest BCUT2D eigenvalue weighted by Gasteiger charge is 2.30. The summed E-state index contributed by atoms with van der Waals surface area (Å²) in [6.07, 6.45) is 6.94. The number of hydrogen-bond donors (Lipinski definition) is 0. The normalized spacial score (nSPS) is 22.0. The van der Waals surface area contributed by atoms with E-state index in [2.05, 4.69) is 30.0 Å². The minimum Gasteiger partial charge on any atom is -0.463 e. The molecule has 9 nitrogen and oxygen atoms in total. The van der Waals surface area contributed by atoms with E-state index in [1.54, 1.807) is 6.08 Å². The predicted molar refractivity (Wildman–Crippen MR) is 137 cm³/mol. The second-order valence-electron chi connectivity index (χ2n) is 9.47. The molecular formula is C27H39N3O6. The Bertz CT molecular complexity index is 977. The zero-order chi connectivity index (χ0) is 26.1. The maximum Gasteiger partial charge on any atom is 0.303 e. The number of pyridine rings is 1. The Morgan fingerprint density at radius 3 is 2.72 bits per heavy atom. The van der Waals surface area contributed by atoms with Crippen molar-refractivity contribution in [2.24, 2.45) is 5.16 Å². The van der Waals surface area contributed by atoms with Gasteiger partial charge in [0.25, 0.3) is 0 Å². The summed E-state index contributed by atoms with van der Waals surface area (Å²) in [5.74, 6) is -0.831. The number of rotatable bonds is 10. The average Bonchev–Trinajstić information content (AvgIpc) is 3.02. The summed E-state index contributed by atoms with van der Waals surface area (Å²) < 4.78 is 16.3. The van der Waals surface area contributed by atoms with E-state index in [0.717, 1.165) is 50.2 Å². The molecule has 0 N–H and O–H groups in total. The molecule has 0 fully saturated rings. The second-order valence-corrected chi connectivity index (χ2v) is 9.47. The quantitative estimate of drug-likeness (QED) is 0.157. The largest absolute Gasteiger partial charge is 0.463 e. The fourth-order valence-electron chi connectivity index (χ4n) is 4.32. The van der Waals surface area contributed by atoms with Crippen LogP contribution < -0.4 is 4.90 Å². The number of esters is 2. The zero-order valence-corrected chi connectivity index (χ0v) is 22.1. The number of aryl methyl sites for hydroxylation is 3. The minimum atomic E-state index is -0.591. The maximum atomic E-state index is 11.4. The average molecular weight is 502 g/mol. The molecule has 0 aromatic carbocycles. The zero-order valence-electron chi connectivity index (χ0n) is 22.1. The van der Waals surface area contributed by atoms with Crippen LogP contribution in [-0.4, -0.2) is 67.2 Å². The Hall–Kier alpha value is -2.94. The van der Waals surface area contributed by atoms with Crippen molar-refractivity contribution >= 4 is 23.3 Å². The van der Waals surface area contributed by atoms with E-state index >= 15 is 0 Å². The number of nitrogens with zero attached hydrogens (tertiary/aromatic N) is 3. The number of aromatic nitrogens is 1. The number of carbonyl (C=O) groups excluding carboxylic acids is 2. The fraction of sp³-hybridized carbons (Fsp3) is 0.630. The van der Waals surface area contributed by atoms with Crippen LogP contribution in [0.2, 0.25) is 0 Å². The van der Waals surface area contributed by atoms with Gasteiger partial charge in [0, 0.05) is 45.5 Å². The van der Waals surface area contributed by atoms with Gasteiger partial charge in [-0.15, -0.1) is 0 Å². The van der Waals surface area contributed by atoms with Gasteiger partial charge in [-0.3, -0.25) is 14.6 Å². The van der Waals surface area contributed by atoms with Gasteiger partial charge >= 0.3 is 11.9 Å². The summed E-state index contributed by atoms with van der Waals surface area (Å²) in [5.41, 5.74) is 5.71. The lowest BCUT2D eigenvalue weighted by Crippen LogP contribution is -2.41. The van der Waals surface area contributed by atoms with E-state index in [0.29, 0.717) is 13.0 Å². The molecule has 0 aliphatic carbocycles. The molecule has 36 heavy (non-hydrogen) atoms. The summed E-state index contributed by atoms with van der Waals surface area (Å²) in [4.78, 5) is 35.4. The topological polar surface area (TPSA) is 99.6 Å². The molecule has 198 valence electrons. The standard InChI is InChI=1S/C27H39N3O6/c1-18-16-25-24(28-20(18)3)8-6-7-13-30(25)14-11-19(2)29-34-15-12-23-9-10-26(35-22(5)32)27(36-23)17-33-21(4)31/h9-10,16,23,26-27H,6-8,11-15,17H2,1-5H3.